The highest BCUT2D eigenvalue weighted by atomic mass is 15.1. The molecule has 0 aromatic carbocycles. The molecule has 0 spiro atoms. The summed E-state index contributed by atoms with van der Waals surface area (Å²) < 4.78 is 17.1. The van der Waals surface area contributed by atoms with Crippen LogP contribution in [0.5, 0.6) is 0 Å². The SMILES string of the molecule is C.C.C.C.C.CCCCn1cc[n+](C)c1.CCCCn1cc[n+](C)c1.CCCCn1cc[n+](C)c1.CCCCn1cc[n+](C)c1. The summed E-state index contributed by atoms with van der Waals surface area (Å²) in [6.45, 7) is 13.4. The van der Waals surface area contributed by atoms with Gasteiger partial charge in [-0.05, 0) is 25.7 Å². The van der Waals surface area contributed by atoms with Crippen molar-refractivity contribution in [2.45, 2.75) is 142 Å². The van der Waals surface area contributed by atoms with Gasteiger partial charge in [-0.3, -0.25) is 0 Å². The van der Waals surface area contributed by atoms with E-state index in [0.29, 0.717) is 0 Å². The molecule has 45 heavy (non-hydrogen) atoms. The molecule has 0 radical (unpaired) electrons. The zero-order valence-electron chi connectivity index (χ0n) is 27.0. The maximum absolute atomic E-state index is 2.21. The van der Waals surface area contributed by atoms with Crippen LogP contribution in [0.25, 0.3) is 0 Å². The first-order valence-corrected chi connectivity index (χ1v) is 15.3. The van der Waals surface area contributed by atoms with E-state index >= 15 is 0 Å². The molecule has 0 fully saturated rings. The van der Waals surface area contributed by atoms with Gasteiger partial charge in [0.1, 0.15) is 49.6 Å². The molecule has 8 nitrogen and oxygen atoms in total. The molecule has 4 aromatic rings. The number of rotatable bonds is 12. The van der Waals surface area contributed by atoms with Crippen molar-refractivity contribution in [3.8, 4) is 0 Å². The van der Waals surface area contributed by atoms with Gasteiger partial charge in [-0.25, -0.2) is 36.5 Å². The van der Waals surface area contributed by atoms with E-state index in [-0.39, 0.29) is 37.1 Å². The summed E-state index contributed by atoms with van der Waals surface area (Å²) in [4.78, 5) is 0. The molecule has 8 heteroatoms. The first-order chi connectivity index (χ1) is 19.3. The van der Waals surface area contributed by atoms with Gasteiger partial charge in [0, 0.05) is 0 Å². The predicted octanol–water partition coefficient (Wildman–Crippen LogP) is 7.63. The first kappa shape index (κ1) is 51.4. The number of hydrogen-bond acceptors (Lipinski definition) is 0. The molecule has 0 N–H and O–H groups in total. The van der Waals surface area contributed by atoms with Crippen molar-refractivity contribution in [2.24, 2.45) is 28.2 Å². The highest BCUT2D eigenvalue weighted by molar-refractivity contribution is 4.67. The summed E-state index contributed by atoms with van der Waals surface area (Å²) in [5.41, 5.74) is 0. The number of nitrogens with zero attached hydrogens (tertiary/aromatic N) is 8. The highest BCUT2D eigenvalue weighted by Gasteiger charge is 1.99. The van der Waals surface area contributed by atoms with Crippen LogP contribution >= 0.6 is 0 Å². The number of aryl methyl sites for hydroxylation is 8. The number of hydrogen-bond donors (Lipinski definition) is 0. The Labute approximate surface area is 281 Å². The van der Waals surface area contributed by atoms with Gasteiger partial charge in [0.25, 0.3) is 0 Å². The van der Waals surface area contributed by atoms with Crippen molar-refractivity contribution < 1.29 is 18.3 Å². The van der Waals surface area contributed by atoms with Gasteiger partial charge in [-0.2, -0.15) is 0 Å². The second-order valence-electron chi connectivity index (χ2n) is 10.7. The highest BCUT2D eigenvalue weighted by Crippen LogP contribution is 1.94. The molecule has 4 heterocycles. The van der Waals surface area contributed by atoms with Gasteiger partial charge >= 0.3 is 0 Å². The quantitative estimate of drug-likeness (QED) is 0.143. The molecule has 0 aliphatic heterocycles. The average molecular weight is 637 g/mol. The maximum Gasteiger partial charge on any atom is 0.243 e. The molecular weight excluding hydrogens is 556 g/mol. The summed E-state index contributed by atoms with van der Waals surface area (Å²) in [5.74, 6) is 0. The Morgan fingerprint density at radius 3 is 0.644 bits per heavy atom. The number of unbranched alkanes of at least 4 members (excludes halogenated alkanes) is 4. The molecule has 0 amide bonds. The minimum Gasteiger partial charge on any atom is -0.240 e. The Hall–Kier alpha value is -3.16. The summed E-state index contributed by atoms with van der Waals surface area (Å²) >= 11 is 0. The topological polar surface area (TPSA) is 35.2 Å². The Kier molecular flexibility index (Phi) is 36.8. The third kappa shape index (κ3) is 25.8. The van der Waals surface area contributed by atoms with E-state index in [1.165, 1.54) is 51.4 Å². The van der Waals surface area contributed by atoms with E-state index in [2.05, 4.69) is 139 Å². The average Bonchev–Trinajstić information content (AvgIpc) is 3.75. The van der Waals surface area contributed by atoms with Crippen molar-refractivity contribution in [3.63, 3.8) is 0 Å². The van der Waals surface area contributed by atoms with Gasteiger partial charge in [0.2, 0.25) is 25.3 Å². The monoisotopic (exact) mass is 637 g/mol. The lowest BCUT2D eigenvalue weighted by Crippen LogP contribution is -2.23. The molecule has 0 atom stereocenters. The lowest BCUT2D eigenvalue weighted by Gasteiger charge is -1.90. The van der Waals surface area contributed by atoms with Crippen molar-refractivity contribution in [3.05, 3.63) is 74.9 Å². The molecule has 4 aromatic heterocycles. The second kappa shape index (κ2) is 32.2. The molecule has 0 bridgehead atoms. The summed E-state index contributed by atoms with van der Waals surface area (Å²) in [6.07, 6.45) is 35.3. The first-order valence-electron chi connectivity index (χ1n) is 15.3. The van der Waals surface area contributed by atoms with Crippen LogP contribution in [0.2, 0.25) is 0 Å². The van der Waals surface area contributed by atoms with Gasteiger partial charge < -0.3 is 0 Å². The molecule has 264 valence electrons. The van der Waals surface area contributed by atoms with Gasteiger partial charge in [-0.15, -0.1) is 0 Å². The Bertz CT molecular complexity index is 942. The van der Waals surface area contributed by atoms with E-state index in [9.17, 15) is 0 Å². The Morgan fingerprint density at radius 2 is 0.533 bits per heavy atom. The van der Waals surface area contributed by atoms with Crippen LogP contribution in [0.4, 0.5) is 0 Å². The van der Waals surface area contributed by atoms with Gasteiger partial charge in [-0.1, -0.05) is 90.5 Å². The molecule has 0 aliphatic carbocycles. The smallest absolute Gasteiger partial charge is 0.240 e. The lowest BCUT2D eigenvalue weighted by molar-refractivity contribution is -0.671. The van der Waals surface area contributed by atoms with Crippen molar-refractivity contribution in [1.82, 2.24) is 18.3 Å². The molecule has 0 unspecified atom stereocenters. The number of imidazole rings is 4. The molecule has 0 aliphatic rings. The maximum atomic E-state index is 2.21. The van der Waals surface area contributed by atoms with Crippen LogP contribution < -0.4 is 18.3 Å². The van der Waals surface area contributed by atoms with Crippen LogP contribution in [0.3, 0.4) is 0 Å². The zero-order chi connectivity index (χ0) is 29.6. The minimum atomic E-state index is 0. The number of aromatic nitrogens is 8. The van der Waals surface area contributed by atoms with Crippen LogP contribution in [-0.4, -0.2) is 18.3 Å². The van der Waals surface area contributed by atoms with E-state index in [0.717, 1.165) is 26.2 Å². The van der Waals surface area contributed by atoms with Crippen molar-refractivity contribution in [2.75, 3.05) is 0 Å². The lowest BCUT2D eigenvalue weighted by atomic mass is 10.3. The molecule has 0 saturated carbocycles. The fourth-order valence-electron chi connectivity index (χ4n) is 3.90. The van der Waals surface area contributed by atoms with Crippen molar-refractivity contribution in [1.29, 1.82) is 0 Å². The minimum absolute atomic E-state index is 0. The Morgan fingerprint density at radius 1 is 0.356 bits per heavy atom. The molecule has 4 rings (SSSR count). The summed E-state index contributed by atoms with van der Waals surface area (Å²) in [7, 11) is 8.18. The normalized spacial score (nSPS) is 9.07. The Balaban J connectivity index is -0.000000152. The fourth-order valence-corrected chi connectivity index (χ4v) is 3.90. The van der Waals surface area contributed by atoms with Crippen LogP contribution in [0.1, 0.15) is 116 Å². The molecular formula is C37H80N8+4. The zero-order valence-corrected chi connectivity index (χ0v) is 27.0. The summed E-state index contributed by atoms with van der Waals surface area (Å²) in [6, 6.07) is 0. The largest absolute Gasteiger partial charge is 0.243 e. The van der Waals surface area contributed by atoms with E-state index in [1.54, 1.807) is 0 Å². The van der Waals surface area contributed by atoms with Crippen LogP contribution in [0.15, 0.2) is 74.9 Å². The van der Waals surface area contributed by atoms with Crippen molar-refractivity contribution >= 4 is 0 Å². The standard InChI is InChI=1S/4C8H15N2.5CH4/c4*1-3-4-5-10-7-6-9(2)8-10;;;;;/h4*6-8H,3-5H2,1-2H3;5*1H4/q4*+1;;;;;. The van der Waals surface area contributed by atoms with Gasteiger partial charge in [0.05, 0.1) is 54.4 Å². The van der Waals surface area contributed by atoms with Gasteiger partial charge in [0.15, 0.2) is 0 Å². The summed E-state index contributed by atoms with van der Waals surface area (Å²) in [5, 5.41) is 0. The second-order valence-corrected chi connectivity index (χ2v) is 10.7. The molecule has 0 saturated heterocycles. The third-order valence-electron chi connectivity index (χ3n) is 6.37. The van der Waals surface area contributed by atoms with Crippen LogP contribution in [0, 0.1) is 0 Å². The fraction of sp³-hybridized carbons (Fsp3) is 0.676. The van der Waals surface area contributed by atoms with E-state index < -0.39 is 0 Å². The third-order valence-corrected chi connectivity index (χ3v) is 6.37. The van der Waals surface area contributed by atoms with E-state index in [1.807, 2.05) is 28.2 Å². The predicted molar refractivity (Wildman–Crippen MR) is 196 cm³/mol. The van der Waals surface area contributed by atoms with E-state index in [4.69, 9.17) is 0 Å². The van der Waals surface area contributed by atoms with Crippen LogP contribution in [-0.2, 0) is 54.4 Å².